The minimum absolute atomic E-state index is 0.443. The molecule has 3 heteroatoms. The second-order valence-electron chi connectivity index (χ2n) is 6.18. The monoisotopic (exact) mass is 273 g/mol. The Balaban J connectivity index is 1.64. The molecule has 1 fully saturated rings. The van der Waals surface area contributed by atoms with Gasteiger partial charge in [0.25, 0.3) is 0 Å². The highest BCUT2D eigenvalue weighted by Crippen LogP contribution is 2.30. The Bertz CT molecular complexity index is 452. The van der Waals surface area contributed by atoms with Gasteiger partial charge in [-0.15, -0.1) is 0 Å². The molecule has 0 saturated carbocycles. The summed E-state index contributed by atoms with van der Waals surface area (Å²) in [7, 11) is 2.03. The van der Waals surface area contributed by atoms with Gasteiger partial charge >= 0.3 is 0 Å². The van der Waals surface area contributed by atoms with E-state index in [9.17, 15) is 0 Å². The molecule has 2 aliphatic rings. The van der Waals surface area contributed by atoms with Crippen molar-refractivity contribution >= 4 is 5.69 Å². The lowest BCUT2D eigenvalue weighted by Crippen LogP contribution is -2.32. The van der Waals surface area contributed by atoms with E-state index in [1.165, 1.54) is 68.8 Å². The zero-order chi connectivity index (χ0) is 13.9. The molecule has 2 heterocycles. The van der Waals surface area contributed by atoms with Crippen molar-refractivity contribution in [1.82, 2.24) is 10.2 Å². The SMILES string of the molecule is CNC(C)c1ccc2c(c1)CCN2CCN1CCCC1. The highest BCUT2D eigenvalue weighted by Gasteiger charge is 2.21. The largest absolute Gasteiger partial charge is 0.370 e. The number of nitrogens with one attached hydrogen (secondary N) is 1. The number of rotatable bonds is 5. The Morgan fingerprint density at radius 3 is 2.70 bits per heavy atom. The van der Waals surface area contributed by atoms with Crippen molar-refractivity contribution in [2.75, 3.05) is 44.7 Å². The number of benzene rings is 1. The van der Waals surface area contributed by atoms with Crippen LogP contribution in [-0.4, -0.2) is 44.7 Å². The van der Waals surface area contributed by atoms with E-state index < -0.39 is 0 Å². The van der Waals surface area contributed by atoms with E-state index in [0.29, 0.717) is 6.04 Å². The molecule has 1 N–H and O–H groups in total. The van der Waals surface area contributed by atoms with Crippen molar-refractivity contribution in [1.29, 1.82) is 0 Å². The first-order valence-corrected chi connectivity index (χ1v) is 8.05. The van der Waals surface area contributed by atoms with Crippen LogP contribution >= 0.6 is 0 Å². The minimum Gasteiger partial charge on any atom is -0.370 e. The molecule has 110 valence electrons. The van der Waals surface area contributed by atoms with E-state index in [1.54, 1.807) is 0 Å². The normalized spacial score (nSPS) is 20.4. The Morgan fingerprint density at radius 2 is 1.95 bits per heavy atom. The first-order chi connectivity index (χ1) is 9.78. The third-order valence-electron chi connectivity index (χ3n) is 4.91. The van der Waals surface area contributed by atoms with Crippen molar-refractivity contribution in [3.05, 3.63) is 29.3 Å². The smallest absolute Gasteiger partial charge is 0.0400 e. The Labute approximate surface area is 123 Å². The molecule has 0 bridgehead atoms. The van der Waals surface area contributed by atoms with Crippen molar-refractivity contribution in [2.24, 2.45) is 0 Å². The number of fused-ring (bicyclic) bond motifs is 1. The quantitative estimate of drug-likeness (QED) is 0.889. The predicted molar refractivity (Wildman–Crippen MR) is 85.5 cm³/mol. The molecule has 3 nitrogen and oxygen atoms in total. The van der Waals surface area contributed by atoms with Crippen LogP contribution < -0.4 is 10.2 Å². The average Bonchev–Trinajstić information content (AvgIpc) is 3.13. The summed E-state index contributed by atoms with van der Waals surface area (Å²) in [5, 5.41) is 3.33. The van der Waals surface area contributed by atoms with E-state index in [4.69, 9.17) is 0 Å². The third kappa shape index (κ3) is 2.84. The number of hydrogen-bond donors (Lipinski definition) is 1. The molecule has 0 radical (unpaired) electrons. The molecule has 20 heavy (non-hydrogen) atoms. The molecule has 1 unspecified atom stereocenters. The third-order valence-corrected chi connectivity index (χ3v) is 4.91. The van der Waals surface area contributed by atoms with E-state index in [2.05, 4.69) is 40.2 Å². The topological polar surface area (TPSA) is 18.5 Å². The van der Waals surface area contributed by atoms with Crippen LogP contribution in [0.25, 0.3) is 0 Å². The zero-order valence-corrected chi connectivity index (χ0v) is 12.9. The van der Waals surface area contributed by atoms with Gasteiger partial charge in [-0.2, -0.15) is 0 Å². The summed E-state index contributed by atoms with van der Waals surface area (Å²) in [4.78, 5) is 5.18. The minimum atomic E-state index is 0.443. The average molecular weight is 273 g/mol. The summed E-state index contributed by atoms with van der Waals surface area (Å²) in [6.45, 7) is 8.45. The molecule has 0 aliphatic carbocycles. The zero-order valence-electron chi connectivity index (χ0n) is 12.9. The molecule has 1 atom stereocenters. The summed E-state index contributed by atoms with van der Waals surface area (Å²) >= 11 is 0. The number of nitrogens with zero attached hydrogens (tertiary/aromatic N) is 2. The van der Waals surface area contributed by atoms with Gasteiger partial charge in [-0.3, -0.25) is 0 Å². The van der Waals surface area contributed by atoms with Gasteiger partial charge in [0.05, 0.1) is 0 Å². The fraction of sp³-hybridized carbons (Fsp3) is 0.647. The fourth-order valence-corrected chi connectivity index (χ4v) is 3.43. The van der Waals surface area contributed by atoms with Gasteiger partial charge in [0, 0.05) is 31.4 Å². The predicted octanol–water partition coefficient (Wildman–Crippen LogP) is 2.43. The van der Waals surface area contributed by atoms with Crippen LogP contribution in [0.3, 0.4) is 0 Å². The van der Waals surface area contributed by atoms with Gasteiger partial charge in [0.2, 0.25) is 0 Å². The van der Waals surface area contributed by atoms with Gasteiger partial charge in [-0.1, -0.05) is 12.1 Å². The lowest BCUT2D eigenvalue weighted by Gasteiger charge is -2.23. The number of likely N-dealkylation sites (tertiary alicyclic amines) is 1. The summed E-state index contributed by atoms with van der Waals surface area (Å²) in [5.74, 6) is 0. The van der Waals surface area contributed by atoms with Crippen LogP contribution in [0, 0.1) is 0 Å². The molecule has 0 amide bonds. The van der Waals surface area contributed by atoms with Crippen LogP contribution in [0.2, 0.25) is 0 Å². The van der Waals surface area contributed by atoms with Gasteiger partial charge in [-0.05, 0) is 63.5 Å². The lowest BCUT2D eigenvalue weighted by atomic mass is 10.0. The molecule has 3 rings (SSSR count). The van der Waals surface area contributed by atoms with E-state index >= 15 is 0 Å². The number of hydrogen-bond acceptors (Lipinski definition) is 3. The molecule has 1 aromatic carbocycles. The van der Waals surface area contributed by atoms with Crippen LogP contribution in [-0.2, 0) is 6.42 Å². The first-order valence-electron chi connectivity index (χ1n) is 8.05. The summed E-state index contributed by atoms with van der Waals surface area (Å²) in [6, 6.07) is 7.45. The summed E-state index contributed by atoms with van der Waals surface area (Å²) in [6.07, 6.45) is 3.99. The standard InChI is InChI=1S/C17H27N3/c1-14(18-2)15-5-6-17-16(13-15)7-10-20(17)12-11-19-8-3-4-9-19/h5-6,13-14,18H,3-4,7-12H2,1-2H3. The molecule has 0 spiro atoms. The molecule has 2 aliphatic heterocycles. The van der Waals surface area contributed by atoms with E-state index in [0.717, 1.165) is 0 Å². The maximum absolute atomic E-state index is 3.33. The Hall–Kier alpha value is -1.06. The molecule has 1 saturated heterocycles. The van der Waals surface area contributed by atoms with Crippen LogP contribution in [0.15, 0.2) is 18.2 Å². The van der Waals surface area contributed by atoms with Crippen LogP contribution in [0.5, 0.6) is 0 Å². The van der Waals surface area contributed by atoms with Gasteiger partial charge in [0.1, 0.15) is 0 Å². The summed E-state index contributed by atoms with van der Waals surface area (Å²) < 4.78 is 0. The van der Waals surface area contributed by atoms with Gasteiger partial charge < -0.3 is 15.1 Å². The summed E-state index contributed by atoms with van der Waals surface area (Å²) in [5.41, 5.74) is 4.41. The molecule has 1 aromatic rings. The van der Waals surface area contributed by atoms with Gasteiger partial charge in [0.15, 0.2) is 0 Å². The molecule has 0 aromatic heterocycles. The highest BCUT2D eigenvalue weighted by molar-refractivity contribution is 5.59. The maximum atomic E-state index is 3.33. The first kappa shape index (κ1) is 13.9. The van der Waals surface area contributed by atoms with Crippen LogP contribution in [0.4, 0.5) is 5.69 Å². The van der Waals surface area contributed by atoms with Crippen molar-refractivity contribution in [3.8, 4) is 0 Å². The second-order valence-corrected chi connectivity index (χ2v) is 6.18. The Kier molecular flexibility index (Phi) is 4.27. The molecular formula is C17H27N3. The van der Waals surface area contributed by atoms with Crippen molar-refractivity contribution < 1.29 is 0 Å². The van der Waals surface area contributed by atoms with E-state index in [1.807, 2.05) is 7.05 Å². The lowest BCUT2D eigenvalue weighted by molar-refractivity contribution is 0.345. The van der Waals surface area contributed by atoms with Gasteiger partial charge in [-0.25, -0.2) is 0 Å². The number of anilines is 1. The maximum Gasteiger partial charge on any atom is 0.0400 e. The van der Waals surface area contributed by atoms with Crippen molar-refractivity contribution in [2.45, 2.75) is 32.2 Å². The Morgan fingerprint density at radius 1 is 1.15 bits per heavy atom. The van der Waals surface area contributed by atoms with E-state index in [-0.39, 0.29) is 0 Å². The van der Waals surface area contributed by atoms with Crippen molar-refractivity contribution in [3.63, 3.8) is 0 Å². The second kappa shape index (κ2) is 6.15. The fourth-order valence-electron chi connectivity index (χ4n) is 3.43. The highest BCUT2D eigenvalue weighted by atomic mass is 15.2. The molecular weight excluding hydrogens is 246 g/mol. The van der Waals surface area contributed by atoms with Crippen LogP contribution in [0.1, 0.15) is 36.9 Å².